The Bertz CT molecular complexity index is 589. The summed E-state index contributed by atoms with van der Waals surface area (Å²) in [4.78, 5) is 15.8. The normalized spacial score (nSPS) is 10.2. The molecule has 0 aliphatic heterocycles. The Balaban J connectivity index is 2.16. The zero-order valence-electron chi connectivity index (χ0n) is 8.95. The number of amides is 1. The third kappa shape index (κ3) is 3.05. The van der Waals surface area contributed by atoms with Crippen molar-refractivity contribution >= 4 is 39.1 Å². The highest BCUT2D eigenvalue weighted by Gasteiger charge is 2.08. The molecule has 18 heavy (non-hydrogen) atoms. The molecule has 2 rings (SSSR count). The maximum absolute atomic E-state index is 12.9. The number of benzene rings is 1. The topological polar surface area (TPSA) is 42.0 Å². The molecule has 1 aromatic carbocycles. The number of carbonyl (C=O) groups is 1. The molecule has 0 aliphatic rings. The van der Waals surface area contributed by atoms with Crippen LogP contribution in [0, 0.1) is 5.82 Å². The highest BCUT2D eigenvalue weighted by Crippen LogP contribution is 2.20. The van der Waals surface area contributed by atoms with Crippen LogP contribution in [0.5, 0.6) is 0 Å². The molecule has 0 fully saturated rings. The number of hydrogen-bond donors (Lipinski definition) is 1. The van der Waals surface area contributed by atoms with Crippen LogP contribution in [0.25, 0.3) is 0 Å². The minimum Gasteiger partial charge on any atom is -0.322 e. The lowest BCUT2D eigenvalue weighted by atomic mass is 10.2. The maximum atomic E-state index is 12.9. The van der Waals surface area contributed by atoms with Crippen LogP contribution in [-0.2, 0) is 0 Å². The number of pyridine rings is 1. The van der Waals surface area contributed by atoms with Crippen LogP contribution in [0.1, 0.15) is 10.4 Å². The van der Waals surface area contributed by atoms with Crippen molar-refractivity contribution in [3.8, 4) is 0 Å². The molecule has 0 aliphatic carbocycles. The Morgan fingerprint density at radius 1 is 1.33 bits per heavy atom. The highest BCUT2D eigenvalue weighted by molar-refractivity contribution is 9.10. The molecule has 1 amide bonds. The summed E-state index contributed by atoms with van der Waals surface area (Å²) in [6.07, 6.45) is 1.44. The molecule has 6 heteroatoms. The summed E-state index contributed by atoms with van der Waals surface area (Å²) in [5.74, 6) is -0.863. The molecule has 0 spiro atoms. The number of rotatable bonds is 2. The fraction of sp³-hybridized carbons (Fsp3) is 0. The van der Waals surface area contributed by atoms with E-state index in [0.717, 1.165) is 0 Å². The Labute approximate surface area is 116 Å². The zero-order valence-corrected chi connectivity index (χ0v) is 11.3. The van der Waals surface area contributed by atoms with E-state index in [0.29, 0.717) is 15.9 Å². The Hall–Kier alpha value is -1.46. The second-order valence-corrected chi connectivity index (χ2v) is 4.67. The van der Waals surface area contributed by atoms with E-state index in [4.69, 9.17) is 11.6 Å². The standard InChI is InChI=1S/C12H7BrClFN2O/c13-11-4-1-7(6-16-11)12(18)17-8-2-3-10(15)9(14)5-8/h1-6H,(H,17,18). The Morgan fingerprint density at radius 3 is 2.72 bits per heavy atom. The molecule has 2 aromatic rings. The predicted octanol–water partition coefficient (Wildman–Crippen LogP) is 3.89. The van der Waals surface area contributed by atoms with Gasteiger partial charge in [-0.05, 0) is 46.3 Å². The summed E-state index contributed by atoms with van der Waals surface area (Å²) in [6, 6.07) is 7.26. The average molecular weight is 330 g/mol. The van der Waals surface area contributed by atoms with Crippen molar-refractivity contribution in [1.82, 2.24) is 4.98 Å². The lowest BCUT2D eigenvalue weighted by Crippen LogP contribution is -2.12. The second kappa shape index (κ2) is 5.46. The first-order chi connectivity index (χ1) is 8.56. The number of anilines is 1. The molecule has 3 nitrogen and oxygen atoms in total. The summed E-state index contributed by atoms with van der Waals surface area (Å²) >= 11 is 8.80. The highest BCUT2D eigenvalue weighted by atomic mass is 79.9. The van der Waals surface area contributed by atoms with Crippen LogP contribution in [0.3, 0.4) is 0 Å². The first-order valence-electron chi connectivity index (χ1n) is 4.94. The summed E-state index contributed by atoms with van der Waals surface area (Å²) in [7, 11) is 0. The van der Waals surface area contributed by atoms with Gasteiger partial charge in [0, 0.05) is 11.9 Å². The van der Waals surface area contributed by atoms with Gasteiger partial charge in [-0.1, -0.05) is 11.6 Å². The fourth-order valence-electron chi connectivity index (χ4n) is 1.29. The molecule has 0 bridgehead atoms. The van der Waals surface area contributed by atoms with Crippen molar-refractivity contribution in [2.45, 2.75) is 0 Å². The second-order valence-electron chi connectivity index (χ2n) is 3.45. The van der Waals surface area contributed by atoms with Crippen LogP contribution in [0.15, 0.2) is 41.1 Å². The van der Waals surface area contributed by atoms with Gasteiger partial charge in [0.15, 0.2) is 0 Å². The summed E-state index contributed by atoms with van der Waals surface area (Å²) < 4.78 is 13.6. The van der Waals surface area contributed by atoms with Gasteiger partial charge in [0.2, 0.25) is 0 Å². The SMILES string of the molecule is O=C(Nc1ccc(F)c(Cl)c1)c1ccc(Br)nc1. The molecule has 0 radical (unpaired) electrons. The quantitative estimate of drug-likeness (QED) is 0.849. The molecule has 0 atom stereocenters. The van der Waals surface area contributed by atoms with Crippen LogP contribution in [0.4, 0.5) is 10.1 Å². The van der Waals surface area contributed by atoms with Crippen molar-refractivity contribution in [1.29, 1.82) is 0 Å². The van der Waals surface area contributed by atoms with Crippen LogP contribution >= 0.6 is 27.5 Å². The molecule has 0 saturated carbocycles. The number of nitrogens with zero attached hydrogens (tertiary/aromatic N) is 1. The maximum Gasteiger partial charge on any atom is 0.257 e. The monoisotopic (exact) mass is 328 g/mol. The molecule has 1 heterocycles. The molecular formula is C12H7BrClFN2O. The van der Waals surface area contributed by atoms with Gasteiger partial charge in [0.1, 0.15) is 10.4 Å². The first kappa shape index (κ1) is 13.0. The van der Waals surface area contributed by atoms with E-state index in [1.54, 1.807) is 12.1 Å². The van der Waals surface area contributed by atoms with Crippen molar-refractivity contribution in [2.24, 2.45) is 0 Å². The van der Waals surface area contributed by atoms with E-state index >= 15 is 0 Å². The molecule has 92 valence electrons. The minimum atomic E-state index is -0.528. The van der Waals surface area contributed by atoms with E-state index in [2.05, 4.69) is 26.2 Å². The largest absolute Gasteiger partial charge is 0.322 e. The Kier molecular flexibility index (Phi) is 3.93. The Morgan fingerprint density at radius 2 is 2.11 bits per heavy atom. The average Bonchev–Trinajstić information content (AvgIpc) is 2.34. The lowest BCUT2D eigenvalue weighted by molar-refractivity contribution is 0.102. The van der Waals surface area contributed by atoms with E-state index in [-0.39, 0.29) is 10.9 Å². The van der Waals surface area contributed by atoms with Crippen LogP contribution < -0.4 is 5.32 Å². The lowest BCUT2D eigenvalue weighted by Gasteiger charge is -2.05. The van der Waals surface area contributed by atoms with Gasteiger partial charge in [-0.2, -0.15) is 0 Å². The molecule has 0 saturated heterocycles. The summed E-state index contributed by atoms with van der Waals surface area (Å²) in [5.41, 5.74) is 0.827. The van der Waals surface area contributed by atoms with Gasteiger partial charge in [-0.3, -0.25) is 4.79 Å². The minimum absolute atomic E-state index is 0.0401. The third-order valence-electron chi connectivity index (χ3n) is 2.17. The van der Waals surface area contributed by atoms with Gasteiger partial charge in [0.05, 0.1) is 10.6 Å². The van der Waals surface area contributed by atoms with E-state index in [1.165, 1.54) is 24.4 Å². The van der Waals surface area contributed by atoms with Gasteiger partial charge in [-0.15, -0.1) is 0 Å². The predicted molar refractivity (Wildman–Crippen MR) is 71.3 cm³/mol. The van der Waals surface area contributed by atoms with Crippen molar-refractivity contribution < 1.29 is 9.18 Å². The number of hydrogen-bond acceptors (Lipinski definition) is 2. The van der Waals surface area contributed by atoms with Gasteiger partial charge in [0.25, 0.3) is 5.91 Å². The van der Waals surface area contributed by atoms with E-state index in [1.807, 2.05) is 0 Å². The zero-order chi connectivity index (χ0) is 13.1. The molecule has 0 unspecified atom stereocenters. The van der Waals surface area contributed by atoms with Gasteiger partial charge in [-0.25, -0.2) is 9.37 Å². The third-order valence-corrected chi connectivity index (χ3v) is 2.93. The molecule has 1 N–H and O–H groups in total. The smallest absolute Gasteiger partial charge is 0.257 e. The number of aromatic nitrogens is 1. The number of halogens is 3. The van der Waals surface area contributed by atoms with Crippen molar-refractivity contribution in [2.75, 3.05) is 5.32 Å². The summed E-state index contributed by atoms with van der Waals surface area (Å²) in [5, 5.41) is 2.56. The molecular weight excluding hydrogens is 322 g/mol. The summed E-state index contributed by atoms with van der Waals surface area (Å²) in [6.45, 7) is 0. The van der Waals surface area contributed by atoms with E-state index in [9.17, 15) is 9.18 Å². The van der Waals surface area contributed by atoms with Crippen LogP contribution in [0.2, 0.25) is 5.02 Å². The first-order valence-corrected chi connectivity index (χ1v) is 6.11. The van der Waals surface area contributed by atoms with Crippen molar-refractivity contribution in [3.63, 3.8) is 0 Å². The van der Waals surface area contributed by atoms with Gasteiger partial charge < -0.3 is 5.32 Å². The number of carbonyl (C=O) groups excluding carboxylic acids is 1. The fourth-order valence-corrected chi connectivity index (χ4v) is 1.70. The van der Waals surface area contributed by atoms with Crippen LogP contribution in [-0.4, -0.2) is 10.9 Å². The van der Waals surface area contributed by atoms with E-state index < -0.39 is 5.82 Å². The number of nitrogens with one attached hydrogen (secondary N) is 1. The van der Waals surface area contributed by atoms with Crippen molar-refractivity contribution in [3.05, 3.63) is 57.5 Å². The van der Waals surface area contributed by atoms with Gasteiger partial charge >= 0.3 is 0 Å². The molecule has 1 aromatic heterocycles.